The maximum Gasteiger partial charge on any atom is 0.196 e. The van der Waals surface area contributed by atoms with Crippen molar-refractivity contribution in [1.82, 2.24) is 14.8 Å². The van der Waals surface area contributed by atoms with Gasteiger partial charge in [0.15, 0.2) is 22.5 Å². The Morgan fingerprint density at radius 3 is 2.30 bits per heavy atom. The van der Waals surface area contributed by atoms with Gasteiger partial charge < -0.3 is 9.47 Å². The first-order valence-corrected chi connectivity index (χ1v) is 10.7. The summed E-state index contributed by atoms with van der Waals surface area (Å²) >= 11 is 7.61. The van der Waals surface area contributed by atoms with Crippen LogP contribution in [0.15, 0.2) is 84.0 Å². The monoisotopic (exact) mass is 437 g/mol. The second-order valence-corrected chi connectivity index (χ2v) is 7.80. The molecule has 0 radical (unpaired) electrons. The molecular formula is C23H20ClN3O2S. The van der Waals surface area contributed by atoms with Gasteiger partial charge in [0.05, 0.1) is 7.11 Å². The summed E-state index contributed by atoms with van der Waals surface area (Å²) in [4.78, 5) is 0. The fourth-order valence-corrected chi connectivity index (χ4v) is 3.99. The number of hydrogen-bond donors (Lipinski definition) is 0. The van der Waals surface area contributed by atoms with Gasteiger partial charge in [-0.3, -0.25) is 4.57 Å². The largest absolute Gasteiger partial charge is 0.493 e. The molecule has 1 heterocycles. The number of para-hydroxylation sites is 3. The summed E-state index contributed by atoms with van der Waals surface area (Å²) in [6, 6.07) is 25.4. The summed E-state index contributed by atoms with van der Waals surface area (Å²) in [5.74, 6) is 2.82. The third kappa shape index (κ3) is 4.78. The van der Waals surface area contributed by atoms with Crippen molar-refractivity contribution in [3.63, 3.8) is 0 Å². The third-order valence-corrected chi connectivity index (χ3v) is 5.67. The molecule has 0 atom stereocenters. The van der Waals surface area contributed by atoms with Crippen LogP contribution in [0.5, 0.6) is 11.5 Å². The molecule has 0 saturated carbocycles. The highest BCUT2D eigenvalue weighted by atomic mass is 35.5. The van der Waals surface area contributed by atoms with Gasteiger partial charge in [0.25, 0.3) is 0 Å². The average molecular weight is 438 g/mol. The minimum absolute atomic E-state index is 0.268. The number of thioether (sulfide) groups is 1. The lowest BCUT2D eigenvalue weighted by atomic mass is 10.2. The van der Waals surface area contributed by atoms with Crippen LogP contribution in [0.4, 0.5) is 0 Å². The van der Waals surface area contributed by atoms with Crippen LogP contribution in [-0.4, -0.2) is 21.9 Å². The first-order valence-electron chi connectivity index (χ1n) is 9.37. The molecule has 4 aromatic rings. The molecule has 0 unspecified atom stereocenters. The highest BCUT2D eigenvalue weighted by Crippen LogP contribution is 2.29. The second kappa shape index (κ2) is 9.69. The fourth-order valence-electron chi connectivity index (χ4n) is 2.93. The van der Waals surface area contributed by atoms with E-state index in [1.807, 2.05) is 83.4 Å². The van der Waals surface area contributed by atoms with Crippen molar-refractivity contribution >= 4 is 23.4 Å². The second-order valence-electron chi connectivity index (χ2n) is 6.42. The van der Waals surface area contributed by atoms with Gasteiger partial charge in [-0.1, -0.05) is 65.8 Å². The molecule has 7 heteroatoms. The van der Waals surface area contributed by atoms with Crippen molar-refractivity contribution in [3.8, 4) is 17.2 Å². The number of hydrogen-bond acceptors (Lipinski definition) is 5. The molecule has 0 spiro atoms. The molecule has 0 fully saturated rings. The van der Waals surface area contributed by atoms with Crippen molar-refractivity contribution < 1.29 is 9.47 Å². The van der Waals surface area contributed by atoms with E-state index in [0.29, 0.717) is 17.3 Å². The third-order valence-electron chi connectivity index (χ3n) is 4.42. The normalized spacial score (nSPS) is 10.7. The maximum atomic E-state index is 5.99. The molecular weight excluding hydrogens is 418 g/mol. The van der Waals surface area contributed by atoms with Gasteiger partial charge >= 0.3 is 0 Å². The van der Waals surface area contributed by atoms with Crippen LogP contribution in [-0.2, 0) is 12.4 Å². The zero-order valence-electron chi connectivity index (χ0n) is 16.4. The number of ether oxygens (including phenoxy) is 2. The molecule has 3 aromatic carbocycles. The van der Waals surface area contributed by atoms with Crippen LogP contribution in [0.2, 0.25) is 5.02 Å². The zero-order chi connectivity index (χ0) is 20.8. The van der Waals surface area contributed by atoms with Crippen molar-refractivity contribution in [3.05, 3.63) is 95.3 Å². The summed E-state index contributed by atoms with van der Waals surface area (Å²) in [6.07, 6.45) is 0. The molecule has 0 bridgehead atoms. The van der Waals surface area contributed by atoms with E-state index in [-0.39, 0.29) is 6.61 Å². The fraction of sp³-hybridized carbons (Fsp3) is 0.130. The Morgan fingerprint density at radius 1 is 0.867 bits per heavy atom. The molecule has 30 heavy (non-hydrogen) atoms. The Balaban J connectivity index is 1.58. The van der Waals surface area contributed by atoms with E-state index in [1.54, 1.807) is 18.9 Å². The summed E-state index contributed by atoms with van der Waals surface area (Å²) in [7, 11) is 1.63. The number of aromatic nitrogens is 3. The molecule has 4 rings (SSSR count). The summed E-state index contributed by atoms with van der Waals surface area (Å²) in [6.45, 7) is 0.268. The van der Waals surface area contributed by atoms with Crippen LogP contribution in [0.1, 0.15) is 11.4 Å². The number of halogens is 1. The molecule has 0 N–H and O–H groups in total. The molecule has 152 valence electrons. The molecule has 0 aliphatic heterocycles. The summed E-state index contributed by atoms with van der Waals surface area (Å²) in [5, 5.41) is 10.3. The summed E-state index contributed by atoms with van der Waals surface area (Å²) < 4.78 is 13.4. The Hall–Kier alpha value is -2.96. The van der Waals surface area contributed by atoms with Crippen molar-refractivity contribution in [2.45, 2.75) is 17.5 Å². The molecule has 5 nitrogen and oxygen atoms in total. The number of nitrogens with zero attached hydrogens (tertiary/aromatic N) is 3. The topological polar surface area (TPSA) is 49.2 Å². The number of benzene rings is 3. The number of methoxy groups -OCH3 is 1. The minimum Gasteiger partial charge on any atom is -0.493 e. The van der Waals surface area contributed by atoms with Gasteiger partial charge in [-0.25, -0.2) is 0 Å². The average Bonchev–Trinajstić information content (AvgIpc) is 3.21. The van der Waals surface area contributed by atoms with Crippen molar-refractivity contribution in [2.24, 2.45) is 0 Å². The molecule has 0 saturated heterocycles. The highest BCUT2D eigenvalue weighted by Gasteiger charge is 2.16. The lowest BCUT2D eigenvalue weighted by Gasteiger charge is -2.12. The Labute approximate surface area is 184 Å². The maximum absolute atomic E-state index is 5.99. The summed E-state index contributed by atoms with van der Waals surface area (Å²) in [5.41, 5.74) is 2.15. The number of rotatable bonds is 8. The Bertz CT molecular complexity index is 1100. The predicted molar refractivity (Wildman–Crippen MR) is 120 cm³/mol. The van der Waals surface area contributed by atoms with Gasteiger partial charge in [-0.2, -0.15) is 0 Å². The van der Waals surface area contributed by atoms with Crippen molar-refractivity contribution in [1.29, 1.82) is 0 Å². The minimum atomic E-state index is 0.268. The van der Waals surface area contributed by atoms with E-state index in [9.17, 15) is 0 Å². The van der Waals surface area contributed by atoms with Gasteiger partial charge in [-0.05, 0) is 42.0 Å². The SMILES string of the molecule is COc1ccccc1OCc1nnc(SCc2ccc(Cl)cc2)n1-c1ccccc1. The quantitative estimate of drug-likeness (QED) is 0.326. The van der Waals surface area contributed by atoms with Crippen LogP contribution < -0.4 is 9.47 Å². The van der Waals surface area contributed by atoms with Crippen LogP contribution >= 0.6 is 23.4 Å². The predicted octanol–water partition coefficient (Wildman–Crippen LogP) is 5.80. The molecule has 0 amide bonds. The first kappa shape index (κ1) is 20.3. The zero-order valence-corrected chi connectivity index (χ0v) is 17.9. The molecule has 0 aliphatic rings. The Morgan fingerprint density at radius 2 is 1.57 bits per heavy atom. The standard InChI is InChI=1S/C23H20ClN3O2S/c1-28-20-9-5-6-10-21(20)29-15-22-25-26-23(27(22)19-7-3-2-4-8-19)30-16-17-11-13-18(24)14-12-17/h2-14H,15-16H2,1H3. The first-order chi connectivity index (χ1) is 14.7. The molecule has 1 aromatic heterocycles. The van der Waals surface area contributed by atoms with Gasteiger partial charge in [0.2, 0.25) is 0 Å². The van der Waals surface area contributed by atoms with Gasteiger partial charge in [-0.15, -0.1) is 10.2 Å². The smallest absolute Gasteiger partial charge is 0.196 e. The molecule has 0 aliphatic carbocycles. The van der Waals surface area contributed by atoms with E-state index < -0.39 is 0 Å². The van der Waals surface area contributed by atoms with Crippen molar-refractivity contribution in [2.75, 3.05) is 7.11 Å². The van der Waals surface area contributed by atoms with Crippen LogP contribution in [0.3, 0.4) is 0 Å². The lowest BCUT2D eigenvalue weighted by molar-refractivity contribution is 0.274. The van der Waals surface area contributed by atoms with Gasteiger partial charge in [0.1, 0.15) is 6.61 Å². The van der Waals surface area contributed by atoms with Gasteiger partial charge in [0, 0.05) is 16.5 Å². The van der Waals surface area contributed by atoms with E-state index in [4.69, 9.17) is 21.1 Å². The van der Waals surface area contributed by atoms with Crippen LogP contribution in [0.25, 0.3) is 5.69 Å². The van der Waals surface area contributed by atoms with E-state index in [1.165, 1.54) is 5.56 Å². The highest BCUT2D eigenvalue weighted by molar-refractivity contribution is 7.98. The lowest BCUT2D eigenvalue weighted by Crippen LogP contribution is -2.07. The van der Waals surface area contributed by atoms with E-state index in [2.05, 4.69) is 10.2 Å². The Kier molecular flexibility index (Phi) is 6.57. The van der Waals surface area contributed by atoms with E-state index >= 15 is 0 Å². The van der Waals surface area contributed by atoms with Crippen LogP contribution in [0, 0.1) is 0 Å². The van der Waals surface area contributed by atoms with E-state index in [0.717, 1.165) is 21.6 Å².